The van der Waals surface area contributed by atoms with Crippen LogP contribution in [-0.4, -0.2) is 19.5 Å². The van der Waals surface area contributed by atoms with Crippen LogP contribution < -0.4 is 11.1 Å². The van der Waals surface area contributed by atoms with Crippen LogP contribution in [-0.2, 0) is 0 Å². The van der Waals surface area contributed by atoms with Crippen LogP contribution in [0.15, 0.2) is 15.8 Å². The molecule has 0 bridgehead atoms. The van der Waals surface area contributed by atoms with Crippen LogP contribution in [0.3, 0.4) is 0 Å². The first-order valence-electron chi connectivity index (χ1n) is 5.84. The van der Waals surface area contributed by atoms with Crippen molar-refractivity contribution in [2.24, 2.45) is 0 Å². The lowest BCUT2D eigenvalue weighted by molar-refractivity contribution is 0.511. The largest absolute Gasteiger partial charge is 0.318 e. The fraction of sp³-hybridized carbons (Fsp3) is 0.455. The number of nitrogens with zero attached hydrogens (tertiary/aromatic N) is 3. The predicted molar refractivity (Wildman–Crippen MR) is 66.9 cm³/mol. The number of H-pyrrole nitrogens is 1. The number of halogens is 1. The molecule has 2 heterocycles. The number of fused-ring (bicyclic) bond motifs is 1. The van der Waals surface area contributed by atoms with Gasteiger partial charge in [-0.25, -0.2) is 4.98 Å². The van der Waals surface area contributed by atoms with Crippen LogP contribution in [0.5, 0.6) is 0 Å². The van der Waals surface area contributed by atoms with Gasteiger partial charge in [-0.2, -0.15) is 4.98 Å². The van der Waals surface area contributed by atoms with Gasteiger partial charge in [-0.1, -0.05) is 12.8 Å². The van der Waals surface area contributed by atoms with Crippen molar-refractivity contribution in [1.82, 2.24) is 19.5 Å². The minimum absolute atomic E-state index is 0.0354. The van der Waals surface area contributed by atoms with Gasteiger partial charge in [0.25, 0.3) is 0 Å². The van der Waals surface area contributed by atoms with Crippen molar-refractivity contribution in [1.29, 1.82) is 0 Å². The van der Waals surface area contributed by atoms with Gasteiger partial charge < -0.3 is 4.98 Å². The van der Waals surface area contributed by atoms with E-state index in [9.17, 15) is 9.59 Å². The molecule has 2 aromatic rings. The second kappa shape index (κ2) is 4.20. The average Bonchev–Trinajstić information content (AvgIpc) is 2.85. The third-order valence-electron chi connectivity index (χ3n) is 3.32. The highest BCUT2D eigenvalue weighted by molar-refractivity contribution is 6.28. The number of hydrogen-bond donors (Lipinski definition) is 1. The first kappa shape index (κ1) is 11.4. The van der Waals surface area contributed by atoms with Gasteiger partial charge in [0, 0.05) is 6.04 Å². The number of nitrogens with one attached hydrogen (secondary N) is 1. The molecule has 0 spiro atoms. The Morgan fingerprint density at radius 3 is 2.78 bits per heavy atom. The van der Waals surface area contributed by atoms with Gasteiger partial charge in [-0.3, -0.25) is 14.2 Å². The van der Waals surface area contributed by atoms with Gasteiger partial charge in [-0.05, 0) is 24.4 Å². The standard InChI is InChI=1S/C11H11ClN4O2/c12-11-13-5-7-8(15-11)16(6-3-1-2-4-6)10(18)9(17)14-7/h5-6H,1-4H2,(H,14,17). The van der Waals surface area contributed by atoms with E-state index in [2.05, 4.69) is 15.0 Å². The summed E-state index contributed by atoms with van der Waals surface area (Å²) >= 11 is 5.76. The van der Waals surface area contributed by atoms with Crippen molar-refractivity contribution in [2.75, 3.05) is 0 Å². The molecule has 0 atom stereocenters. The third-order valence-corrected chi connectivity index (χ3v) is 3.50. The van der Waals surface area contributed by atoms with Gasteiger partial charge >= 0.3 is 11.1 Å². The Bertz CT molecular complexity index is 715. The molecule has 0 aromatic carbocycles. The fourth-order valence-electron chi connectivity index (χ4n) is 2.51. The van der Waals surface area contributed by atoms with E-state index in [1.807, 2.05) is 0 Å². The zero-order valence-corrected chi connectivity index (χ0v) is 10.3. The number of aromatic amines is 1. The zero-order valence-electron chi connectivity index (χ0n) is 9.52. The van der Waals surface area contributed by atoms with Gasteiger partial charge in [0.05, 0.1) is 6.20 Å². The van der Waals surface area contributed by atoms with Gasteiger partial charge in [-0.15, -0.1) is 0 Å². The monoisotopic (exact) mass is 266 g/mol. The Morgan fingerprint density at radius 1 is 1.33 bits per heavy atom. The van der Waals surface area contributed by atoms with E-state index < -0.39 is 11.1 Å². The molecular weight excluding hydrogens is 256 g/mol. The Morgan fingerprint density at radius 2 is 2.06 bits per heavy atom. The molecular formula is C11H11ClN4O2. The van der Waals surface area contributed by atoms with Crippen LogP contribution in [0.4, 0.5) is 0 Å². The summed E-state index contributed by atoms with van der Waals surface area (Å²) in [5.41, 5.74) is -0.355. The van der Waals surface area contributed by atoms with Gasteiger partial charge in [0.2, 0.25) is 5.28 Å². The highest BCUT2D eigenvalue weighted by atomic mass is 35.5. The first-order chi connectivity index (χ1) is 8.66. The molecule has 0 amide bonds. The lowest BCUT2D eigenvalue weighted by atomic mass is 10.2. The summed E-state index contributed by atoms with van der Waals surface area (Å²) in [5, 5.41) is 0.0701. The summed E-state index contributed by atoms with van der Waals surface area (Å²) in [5.74, 6) is 0. The zero-order chi connectivity index (χ0) is 12.7. The quantitative estimate of drug-likeness (QED) is 0.622. The smallest absolute Gasteiger partial charge is 0.313 e. The van der Waals surface area contributed by atoms with Crippen LogP contribution in [0, 0.1) is 0 Å². The molecule has 0 radical (unpaired) electrons. The Labute approximate surface area is 107 Å². The topological polar surface area (TPSA) is 80.6 Å². The molecule has 1 fully saturated rings. The Balaban J connectivity index is 2.38. The molecule has 0 saturated heterocycles. The number of aromatic nitrogens is 4. The fourth-order valence-corrected chi connectivity index (χ4v) is 2.64. The molecule has 94 valence electrons. The molecule has 1 N–H and O–H groups in total. The molecule has 2 aromatic heterocycles. The summed E-state index contributed by atoms with van der Waals surface area (Å²) in [4.78, 5) is 34.0. The molecule has 1 aliphatic rings. The lowest BCUT2D eigenvalue weighted by Gasteiger charge is -2.14. The molecule has 1 saturated carbocycles. The van der Waals surface area contributed by atoms with Crippen LogP contribution >= 0.6 is 11.6 Å². The van der Waals surface area contributed by atoms with Crippen molar-refractivity contribution >= 4 is 22.8 Å². The highest BCUT2D eigenvalue weighted by Crippen LogP contribution is 2.29. The molecule has 0 aliphatic heterocycles. The minimum Gasteiger partial charge on any atom is -0.313 e. The second-order valence-corrected chi connectivity index (χ2v) is 4.78. The van der Waals surface area contributed by atoms with Crippen molar-refractivity contribution < 1.29 is 0 Å². The highest BCUT2D eigenvalue weighted by Gasteiger charge is 2.22. The molecule has 0 unspecified atom stereocenters. The van der Waals surface area contributed by atoms with E-state index in [4.69, 9.17) is 11.6 Å². The Hall–Kier alpha value is -1.69. The molecule has 7 heteroatoms. The summed E-state index contributed by atoms with van der Waals surface area (Å²) in [7, 11) is 0. The van der Waals surface area contributed by atoms with E-state index in [1.165, 1.54) is 10.8 Å². The summed E-state index contributed by atoms with van der Waals surface area (Å²) in [6, 6.07) is 0.0354. The minimum atomic E-state index is -0.639. The van der Waals surface area contributed by atoms with E-state index >= 15 is 0 Å². The van der Waals surface area contributed by atoms with E-state index in [-0.39, 0.29) is 11.3 Å². The first-order valence-corrected chi connectivity index (χ1v) is 6.21. The van der Waals surface area contributed by atoms with Crippen LogP contribution in [0.1, 0.15) is 31.7 Å². The van der Waals surface area contributed by atoms with Crippen molar-refractivity contribution in [3.8, 4) is 0 Å². The maximum Gasteiger partial charge on any atom is 0.318 e. The van der Waals surface area contributed by atoms with Crippen molar-refractivity contribution in [3.63, 3.8) is 0 Å². The third kappa shape index (κ3) is 1.73. The Kier molecular flexibility index (Phi) is 2.66. The van der Waals surface area contributed by atoms with E-state index in [1.54, 1.807) is 0 Å². The van der Waals surface area contributed by atoms with E-state index in [0.29, 0.717) is 11.2 Å². The molecule has 18 heavy (non-hydrogen) atoms. The molecule has 6 nitrogen and oxygen atoms in total. The maximum absolute atomic E-state index is 12.0. The molecule has 1 aliphatic carbocycles. The van der Waals surface area contributed by atoms with Crippen molar-refractivity contribution in [2.45, 2.75) is 31.7 Å². The summed E-state index contributed by atoms with van der Waals surface area (Å²) in [6.45, 7) is 0. The SMILES string of the molecule is O=c1[nH]c2cnc(Cl)nc2n(C2CCCC2)c1=O. The number of rotatable bonds is 1. The normalized spacial score (nSPS) is 16.5. The summed E-state index contributed by atoms with van der Waals surface area (Å²) in [6.07, 6.45) is 5.32. The second-order valence-electron chi connectivity index (χ2n) is 4.44. The molecule has 3 rings (SSSR count). The van der Waals surface area contributed by atoms with Gasteiger partial charge in [0.15, 0.2) is 5.65 Å². The predicted octanol–water partition coefficient (Wildman–Crippen LogP) is 1.25. The average molecular weight is 267 g/mol. The van der Waals surface area contributed by atoms with Crippen molar-refractivity contribution in [3.05, 3.63) is 32.2 Å². The van der Waals surface area contributed by atoms with Gasteiger partial charge in [0.1, 0.15) is 5.52 Å². The van der Waals surface area contributed by atoms with Crippen LogP contribution in [0.25, 0.3) is 11.2 Å². The number of hydrogen-bond acceptors (Lipinski definition) is 4. The lowest BCUT2D eigenvalue weighted by Crippen LogP contribution is -2.38. The van der Waals surface area contributed by atoms with Crippen LogP contribution in [0.2, 0.25) is 5.28 Å². The maximum atomic E-state index is 12.0. The summed E-state index contributed by atoms with van der Waals surface area (Å²) < 4.78 is 1.47. The van der Waals surface area contributed by atoms with E-state index in [0.717, 1.165) is 25.7 Å².